The van der Waals surface area contributed by atoms with Crippen LogP contribution in [0.3, 0.4) is 0 Å². The molecule has 1 aromatic rings. The molecule has 2 rings (SSSR count). The second-order valence-corrected chi connectivity index (χ2v) is 6.18. The van der Waals surface area contributed by atoms with Crippen LogP contribution in [0.15, 0.2) is 53.3 Å². The maximum atomic E-state index is 2.45. The maximum Gasteiger partial charge on any atom is 0.0871 e. The summed E-state index contributed by atoms with van der Waals surface area (Å²) in [6.45, 7) is 2.26. The van der Waals surface area contributed by atoms with Gasteiger partial charge in [-0.15, -0.1) is 0 Å². The van der Waals surface area contributed by atoms with E-state index in [1.54, 1.807) is 16.0 Å². The van der Waals surface area contributed by atoms with Crippen LogP contribution in [0.2, 0.25) is 0 Å². The zero-order chi connectivity index (χ0) is 10.5. The van der Waals surface area contributed by atoms with Gasteiger partial charge in [-0.1, -0.05) is 71.8 Å². The predicted octanol–water partition coefficient (Wildman–Crippen LogP) is 2.49. The Labute approximate surface area is 94.5 Å². The summed E-state index contributed by atoms with van der Waals surface area (Å²) in [6, 6.07) is 10.9. The molecule has 0 aromatic heterocycles. The fourth-order valence-electron chi connectivity index (χ4n) is 2.09. The first-order valence-corrected chi connectivity index (χ1v) is 7.22. The van der Waals surface area contributed by atoms with Gasteiger partial charge in [0.15, 0.2) is 0 Å². The highest BCUT2D eigenvalue weighted by Gasteiger charge is 2.06. The quantitative estimate of drug-likeness (QED) is 0.676. The first-order chi connectivity index (χ1) is 7.38. The highest BCUT2D eigenvalue weighted by molar-refractivity contribution is 6.61. The lowest BCUT2D eigenvalue weighted by atomic mass is 10.1. The number of rotatable bonds is 4. The molecule has 78 valence electrons. The molecule has 15 heavy (non-hydrogen) atoms. The van der Waals surface area contributed by atoms with Gasteiger partial charge < -0.3 is 0 Å². The second kappa shape index (κ2) is 5.13. The Kier molecular flexibility index (Phi) is 3.57. The summed E-state index contributed by atoms with van der Waals surface area (Å²) in [5.41, 5.74) is 1.64. The summed E-state index contributed by atoms with van der Waals surface area (Å²) in [5, 5.41) is 3.18. The Bertz CT molecular complexity index is 374. The van der Waals surface area contributed by atoms with E-state index in [1.165, 1.54) is 19.3 Å². The van der Waals surface area contributed by atoms with Crippen molar-refractivity contribution in [3.63, 3.8) is 0 Å². The van der Waals surface area contributed by atoms with Crippen LogP contribution in [-0.4, -0.2) is 9.52 Å². The predicted molar refractivity (Wildman–Crippen MR) is 70.3 cm³/mol. The minimum absolute atomic E-state index is 0.199. The standard InChI is InChI=1S/C14H18Si/c1-2-6-12-9-10-14(11-12)15-13-7-4-3-5-8-13/h3-5,7-8,10-11H,2,6,9,15H2,1H3. The van der Waals surface area contributed by atoms with E-state index in [9.17, 15) is 0 Å². The molecule has 1 aliphatic rings. The molecular formula is C14H18Si. The normalized spacial score (nSPS) is 15.8. The van der Waals surface area contributed by atoms with Gasteiger partial charge in [-0.3, -0.25) is 0 Å². The highest BCUT2D eigenvalue weighted by atomic mass is 28.2. The largest absolute Gasteiger partial charge is 0.0871 e. The van der Waals surface area contributed by atoms with Gasteiger partial charge in [0.25, 0.3) is 0 Å². The van der Waals surface area contributed by atoms with Gasteiger partial charge in [-0.05, 0) is 12.8 Å². The molecule has 1 heteroatoms. The Hall–Kier alpha value is -1.08. The molecular weight excluding hydrogens is 196 g/mol. The topological polar surface area (TPSA) is 0 Å². The van der Waals surface area contributed by atoms with Crippen LogP contribution < -0.4 is 5.19 Å². The van der Waals surface area contributed by atoms with Crippen molar-refractivity contribution in [1.29, 1.82) is 0 Å². The molecule has 0 unspecified atom stereocenters. The number of hydrogen-bond donors (Lipinski definition) is 0. The third-order valence-electron chi connectivity index (χ3n) is 2.84. The van der Waals surface area contributed by atoms with Crippen LogP contribution in [0.1, 0.15) is 26.2 Å². The van der Waals surface area contributed by atoms with Crippen molar-refractivity contribution in [2.75, 3.05) is 0 Å². The van der Waals surface area contributed by atoms with Gasteiger partial charge >= 0.3 is 0 Å². The second-order valence-electron chi connectivity index (χ2n) is 4.20. The highest BCUT2D eigenvalue weighted by Crippen LogP contribution is 2.20. The van der Waals surface area contributed by atoms with Crippen LogP contribution in [-0.2, 0) is 0 Å². The van der Waals surface area contributed by atoms with Crippen molar-refractivity contribution in [3.8, 4) is 0 Å². The molecule has 0 nitrogen and oxygen atoms in total. The fourth-order valence-corrected chi connectivity index (χ4v) is 3.75. The van der Waals surface area contributed by atoms with Gasteiger partial charge in [0.2, 0.25) is 0 Å². The smallest absolute Gasteiger partial charge is 0.0815 e. The Morgan fingerprint density at radius 3 is 2.73 bits per heavy atom. The summed E-state index contributed by atoms with van der Waals surface area (Å²) in [6.07, 6.45) is 8.65. The van der Waals surface area contributed by atoms with E-state index in [2.05, 4.69) is 49.4 Å². The van der Waals surface area contributed by atoms with Crippen LogP contribution in [0.25, 0.3) is 0 Å². The van der Waals surface area contributed by atoms with Gasteiger partial charge in [-0.25, -0.2) is 0 Å². The van der Waals surface area contributed by atoms with E-state index < -0.39 is 0 Å². The van der Waals surface area contributed by atoms with Gasteiger partial charge in [0.05, 0.1) is 9.52 Å². The van der Waals surface area contributed by atoms with E-state index in [0.29, 0.717) is 0 Å². The average molecular weight is 214 g/mol. The van der Waals surface area contributed by atoms with Crippen molar-refractivity contribution in [2.24, 2.45) is 0 Å². The van der Waals surface area contributed by atoms with Gasteiger partial charge in [0.1, 0.15) is 0 Å². The zero-order valence-corrected chi connectivity index (χ0v) is 10.8. The molecule has 1 aromatic carbocycles. The molecule has 0 heterocycles. The van der Waals surface area contributed by atoms with Crippen LogP contribution in [0, 0.1) is 0 Å². The van der Waals surface area contributed by atoms with Gasteiger partial charge in [0, 0.05) is 0 Å². The van der Waals surface area contributed by atoms with E-state index >= 15 is 0 Å². The molecule has 0 bridgehead atoms. The molecule has 0 spiro atoms. The minimum Gasteiger partial charge on any atom is -0.0815 e. The third-order valence-corrected chi connectivity index (χ3v) is 4.62. The summed E-state index contributed by atoms with van der Waals surface area (Å²) < 4.78 is 0. The average Bonchev–Trinajstić information content (AvgIpc) is 2.68. The molecule has 0 N–H and O–H groups in total. The summed E-state index contributed by atoms with van der Waals surface area (Å²) in [4.78, 5) is 0. The molecule has 0 atom stereocenters. The van der Waals surface area contributed by atoms with E-state index in [0.717, 1.165) is 0 Å². The SMILES string of the molecule is CCCC1=CC([SiH2]c2ccccc2)=CC1. The molecule has 0 saturated carbocycles. The van der Waals surface area contributed by atoms with Crippen LogP contribution >= 0.6 is 0 Å². The molecule has 0 amide bonds. The van der Waals surface area contributed by atoms with E-state index in [1.807, 2.05) is 0 Å². The molecule has 1 aliphatic carbocycles. The first kappa shape index (κ1) is 10.4. The number of benzene rings is 1. The van der Waals surface area contributed by atoms with Gasteiger partial charge in [-0.2, -0.15) is 0 Å². The van der Waals surface area contributed by atoms with Crippen molar-refractivity contribution in [3.05, 3.63) is 53.3 Å². The van der Waals surface area contributed by atoms with Crippen molar-refractivity contribution in [2.45, 2.75) is 26.2 Å². The maximum absolute atomic E-state index is 2.45. The lowest BCUT2D eigenvalue weighted by Gasteiger charge is -1.99. The number of hydrogen-bond acceptors (Lipinski definition) is 0. The van der Waals surface area contributed by atoms with Crippen molar-refractivity contribution in [1.82, 2.24) is 0 Å². The molecule has 0 radical (unpaired) electrons. The lowest BCUT2D eigenvalue weighted by molar-refractivity contribution is 0.887. The van der Waals surface area contributed by atoms with E-state index in [4.69, 9.17) is 0 Å². The molecule has 0 aliphatic heterocycles. The Morgan fingerprint density at radius 1 is 1.20 bits per heavy atom. The zero-order valence-electron chi connectivity index (χ0n) is 9.37. The lowest BCUT2D eigenvalue weighted by Crippen LogP contribution is -2.14. The summed E-state index contributed by atoms with van der Waals surface area (Å²) in [7, 11) is -0.199. The monoisotopic (exact) mass is 214 g/mol. The fraction of sp³-hybridized carbons (Fsp3) is 0.286. The van der Waals surface area contributed by atoms with E-state index in [-0.39, 0.29) is 9.52 Å². The Morgan fingerprint density at radius 2 is 2.00 bits per heavy atom. The third kappa shape index (κ3) is 2.93. The number of allylic oxidation sites excluding steroid dienone is 4. The minimum atomic E-state index is -0.199. The first-order valence-electron chi connectivity index (χ1n) is 5.81. The summed E-state index contributed by atoms with van der Waals surface area (Å²) >= 11 is 0. The van der Waals surface area contributed by atoms with Crippen LogP contribution in [0.5, 0.6) is 0 Å². The Balaban J connectivity index is 1.97. The molecule has 0 saturated heterocycles. The van der Waals surface area contributed by atoms with Crippen LogP contribution in [0.4, 0.5) is 0 Å². The van der Waals surface area contributed by atoms with Crippen molar-refractivity contribution >= 4 is 14.7 Å². The summed E-state index contributed by atoms with van der Waals surface area (Å²) in [5.74, 6) is 0. The van der Waals surface area contributed by atoms with Crippen molar-refractivity contribution < 1.29 is 0 Å². The molecule has 0 fully saturated rings.